The number of piperidine rings is 1. The Bertz CT molecular complexity index is 1280. The van der Waals surface area contributed by atoms with Crippen LogP contribution < -0.4 is 0 Å². The number of fused-ring (bicyclic) bond motifs is 1. The molecule has 0 spiro atoms. The van der Waals surface area contributed by atoms with E-state index in [1.54, 1.807) is 13.0 Å². The lowest BCUT2D eigenvalue weighted by Gasteiger charge is -2.32. The standard InChI is InChI=1S/C25H25ClN4O2/c1-16-23(24(28-32-16)19-7-3-4-8-20(19)26)25(31)29-13-11-18(12-14-29)15-30-17(2)27-21-9-5-6-10-22(21)30/h3-10,18H,11-15H2,1-2H3. The Balaban J connectivity index is 1.31. The lowest BCUT2D eigenvalue weighted by Crippen LogP contribution is -2.39. The molecule has 0 radical (unpaired) electrons. The predicted molar refractivity (Wildman–Crippen MR) is 125 cm³/mol. The van der Waals surface area contributed by atoms with Crippen LogP contribution in [0.1, 0.15) is 34.8 Å². The van der Waals surface area contributed by atoms with Gasteiger partial charge in [0.15, 0.2) is 0 Å². The summed E-state index contributed by atoms with van der Waals surface area (Å²) in [6.45, 7) is 6.18. The number of carbonyl (C=O) groups is 1. The molecule has 4 aromatic rings. The van der Waals surface area contributed by atoms with E-state index in [1.807, 2.05) is 29.2 Å². The zero-order chi connectivity index (χ0) is 22.2. The number of para-hydroxylation sites is 2. The van der Waals surface area contributed by atoms with Crippen LogP contribution in [0.3, 0.4) is 0 Å². The van der Waals surface area contributed by atoms with Gasteiger partial charge in [0.25, 0.3) is 5.91 Å². The number of nitrogens with zero attached hydrogens (tertiary/aromatic N) is 4. The highest BCUT2D eigenvalue weighted by Crippen LogP contribution is 2.33. The maximum absolute atomic E-state index is 13.4. The van der Waals surface area contributed by atoms with Gasteiger partial charge in [-0.05, 0) is 50.8 Å². The first-order valence-corrected chi connectivity index (χ1v) is 11.3. The molecule has 5 rings (SSSR count). The minimum atomic E-state index is -0.0404. The zero-order valence-electron chi connectivity index (χ0n) is 18.2. The Morgan fingerprint density at radius 1 is 1.09 bits per heavy atom. The minimum absolute atomic E-state index is 0.0404. The first-order chi connectivity index (χ1) is 15.5. The largest absolute Gasteiger partial charge is 0.360 e. The van der Waals surface area contributed by atoms with E-state index in [9.17, 15) is 4.79 Å². The van der Waals surface area contributed by atoms with Crippen LogP contribution in [0.5, 0.6) is 0 Å². The Morgan fingerprint density at radius 3 is 2.59 bits per heavy atom. The Morgan fingerprint density at radius 2 is 1.81 bits per heavy atom. The molecule has 0 N–H and O–H groups in total. The normalized spacial score (nSPS) is 14.9. The number of hydrogen-bond acceptors (Lipinski definition) is 4. The molecule has 7 heteroatoms. The van der Waals surface area contributed by atoms with Crippen molar-refractivity contribution >= 4 is 28.5 Å². The van der Waals surface area contributed by atoms with Crippen LogP contribution in [0.25, 0.3) is 22.3 Å². The highest BCUT2D eigenvalue weighted by molar-refractivity contribution is 6.33. The Labute approximate surface area is 191 Å². The van der Waals surface area contributed by atoms with Crippen LogP contribution in [0, 0.1) is 19.8 Å². The van der Waals surface area contributed by atoms with Gasteiger partial charge in [-0.25, -0.2) is 4.98 Å². The molecule has 0 bridgehead atoms. The third kappa shape index (κ3) is 3.69. The molecule has 1 aliphatic rings. The third-order valence-corrected chi connectivity index (χ3v) is 6.72. The number of halogens is 1. The molecule has 1 fully saturated rings. The Hall–Kier alpha value is -3.12. The van der Waals surface area contributed by atoms with Gasteiger partial charge in [0.1, 0.15) is 22.8 Å². The van der Waals surface area contributed by atoms with Crippen molar-refractivity contribution in [2.45, 2.75) is 33.2 Å². The summed E-state index contributed by atoms with van der Waals surface area (Å²) >= 11 is 6.36. The molecular weight excluding hydrogens is 424 g/mol. The summed E-state index contributed by atoms with van der Waals surface area (Å²) in [5, 5.41) is 4.70. The minimum Gasteiger partial charge on any atom is -0.360 e. The SMILES string of the molecule is Cc1onc(-c2ccccc2Cl)c1C(=O)N1CCC(Cn2c(C)nc3ccccc32)CC1. The predicted octanol–water partition coefficient (Wildman–Crippen LogP) is 5.51. The summed E-state index contributed by atoms with van der Waals surface area (Å²) < 4.78 is 7.70. The molecule has 0 atom stereocenters. The second kappa shape index (κ2) is 8.43. The van der Waals surface area contributed by atoms with Gasteiger partial charge in [-0.15, -0.1) is 0 Å². The number of amides is 1. The molecule has 1 amide bonds. The molecule has 1 saturated heterocycles. The molecule has 2 aromatic carbocycles. The molecule has 0 saturated carbocycles. The van der Waals surface area contributed by atoms with Crippen molar-refractivity contribution in [3.63, 3.8) is 0 Å². The summed E-state index contributed by atoms with van der Waals surface area (Å²) in [5.41, 5.74) is 3.95. The fourth-order valence-electron chi connectivity index (χ4n) is 4.62. The topological polar surface area (TPSA) is 64.2 Å². The lowest BCUT2D eigenvalue weighted by atomic mass is 9.95. The van der Waals surface area contributed by atoms with Crippen LogP contribution in [-0.2, 0) is 6.54 Å². The van der Waals surface area contributed by atoms with E-state index in [0.717, 1.165) is 30.7 Å². The van der Waals surface area contributed by atoms with E-state index >= 15 is 0 Å². The molecule has 1 aliphatic heterocycles. The average molecular weight is 449 g/mol. The van der Waals surface area contributed by atoms with Crippen LogP contribution in [0.4, 0.5) is 0 Å². The number of aromatic nitrogens is 3. The van der Waals surface area contributed by atoms with Crippen molar-refractivity contribution in [2.24, 2.45) is 5.92 Å². The highest BCUT2D eigenvalue weighted by atomic mass is 35.5. The van der Waals surface area contributed by atoms with E-state index < -0.39 is 0 Å². The van der Waals surface area contributed by atoms with Crippen molar-refractivity contribution in [1.82, 2.24) is 19.6 Å². The van der Waals surface area contributed by atoms with Crippen LogP contribution in [-0.4, -0.2) is 38.6 Å². The van der Waals surface area contributed by atoms with Gasteiger partial charge in [-0.2, -0.15) is 0 Å². The monoisotopic (exact) mass is 448 g/mol. The number of imidazole rings is 1. The van der Waals surface area contributed by atoms with Gasteiger partial charge in [-0.1, -0.05) is 47.1 Å². The fraction of sp³-hybridized carbons (Fsp3) is 0.320. The molecule has 0 aliphatic carbocycles. The van der Waals surface area contributed by atoms with Gasteiger partial charge < -0.3 is 14.0 Å². The number of aryl methyl sites for hydroxylation is 2. The number of benzene rings is 2. The first kappa shape index (κ1) is 20.8. The smallest absolute Gasteiger partial charge is 0.259 e. The average Bonchev–Trinajstić information content (AvgIpc) is 3.33. The van der Waals surface area contributed by atoms with Gasteiger partial charge >= 0.3 is 0 Å². The number of carbonyl (C=O) groups excluding carboxylic acids is 1. The fourth-order valence-corrected chi connectivity index (χ4v) is 4.85. The molecule has 164 valence electrons. The lowest BCUT2D eigenvalue weighted by molar-refractivity contribution is 0.0682. The summed E-state index contributed by atoms with van der Waals surface area (Å²) in [6.07, 6.45) is 1.90. The maximum atomic E-state index is 13.4. The first-order valence-electron chi connectivity index (χ1n) is 10.9. The molecule has 0 unspecified atom stereocenters. The van der Waals surface area contributed by atoms with Crippen molar-refractivity contribution in [1.29, 1.82) is 0 Å². The summed E-state index contributed by atoms with van der Waals surface area (Å²) in [6, 6.07) is 15.6. The van der Waals surface area contributed by atoms with E-state index in [-0.39, 0.29) is 5.91 Å². The van der Waals surface area contributed by atoms with Crippen molar-refractivity contribution < 1.29 is 9.32 Å². The van der Waals surface area contributed by atoms with E-state index in [1.165, 1.54) is 5.52 Å². The Kier molecular flexibility index (Phi) is 5.47. The quantitative estimate of drug-likeness (QED) is 0.412. The molecule has 2 aromatic heterocycles. The third-order valence-electron chi connectivity index (χ3n) is 6.39. The maximum Gasteiger partial charge on any atom is 0.259 e. The molecule has 6 nitrogen and oxygen atoms in total. The van der Waals surface area contributed by atoms with E-state index in [2.05, 4.69) is 39.8 Å². The van der Waals surface area contributed by atoms with Crippen molar-refractivity contribution in [3.8, 4) is 11.3 Å². The number of hydrogen-bond donors (Lipinski definition) is 0. The van der Waals surface area contributed by atoms with Gasteiger partial charge in [0.2, 0.25) is 0 Å². The van der Waals surface area contributed by atoms with Gasteiger partial charge in [0.05, 0.1) is 16.1 Å². The highest BCUT2D eigenvalue weighted by Gasteiger charge is 2.30. The van der Waals surface area contributed by atoms with Crippen molar-refractivity contribution in [3.05, 3.63) is 70.7 Å². The number of rotatable bonds is 4. The molecule has 32 heavy (non-hydrogen) atoms. The molecular formula is C25H25ClN4O2. The van der Waals surface area contributed by atoms with Crippen LogP contribution in [0.15, 0.2) is 53.1 Å². The summed E-state index contributed by atoms with van der Waals surface area (Å²) in [7, 11) is 0. The van der Waals surface area contributed by atoms with Crippen LogP contribution >= 0.6 is 11.6 Å². The second-order valence-corrected chi connectivity index (χ2v) is 8.84. The summed E-state index contributed by atoms with van der Waals surface area (Å²) in [5.74, 6) is 2.02. The van der Waals surface area contributed by atoms with E-state index in [0.29, 0.717) is 46.6 Å². The van der Waals surface area contributed by atoms with Gasteiger partial charge in [-0.3, -0.25) is 4.79 Å². The molecule has 3 heterocycles. The van der Waals surface area contributed by atoms with Crippen molar-refractivity contribution in [2.75, 3.05) is 13.1 Å². The van der Waals surface area contributed by atoms with Gasteiger partial charge in [0, 0.05) is 25.2 Å². The second-order valence-electron chi connectivity index (χ2n) is 8.44. The zero-order valence-corrected chi connectivity index (χ0v) is 19.0. The number of likely N-dealkylation sites (tertiary alicyclic amines) is 1. The van der Waals surface area contributed by atoms with Crippen LogP contribution in [0.2, 0.25) is 5.02 Å². The summed E-state index contributed by atoms with van der Waals surface area (Å²) in [4.78, 5) is 20.0. The van der Waals surface area contributed by atoms with E-state index in [4.69, 9.17) is 16.1 Å².